The summed E-state index contributed by atoms with van der Waals surface area (Å²) in [5.74, 6) is 0.648. The molecule has 0 saturated heterocycles. The van der Waals surface area contributed by atoms with Gasteiger partial charge in [-0.2, -0.15) is 0 Å². The van der Waals surface area contributed by atoms with Crippen molar-refractivity contribution < 1.29 is 4.79 Å². The molecule has 1 aliphatic heterocycles. The van der Waals surface area contributed by atoms with Gasteiger partial charge in [0.2, 0.25) is 5.91 Å². The molecule has 2 aromatic carbocycles. The Labute approximate surface area is 124 Å². The Kier molecular flexibility index (Phi) is 2.82. The molecule has 106 valence electrons. The van der Waals surface area contributed by atoms with E-state index in [1.54, 1.807) is 0 Å². The first-order chi connectivity index (χ1) is 10.3. The molecule has 1 fully saturated rings. The van der Waals surface area contributed by atoms with Crippen LogP contribution >= 0.6 is 0 Å². The molecule has 0 spiro atoms. The van der Waals surface area contributed by atoms with E-state index in [-0.39, 0.29) is 5.91 Å². The number of fused-ring (bicyclic) bond motifs is 3. The number of carbonyl (C=O) groups excluding carboxylic acids is 1. The van der Waals surface area contributed by atoms with Gasteiger partial charge in [-0.05, 0) is 36.0 Å². The van der Waals surface area contributed by atoms with Crippen LogP contribution in [0.5, 0.6) is 0 Å². The SMILES string of the molecule is N[C@@H]1C(=O)N(CC2CC2)c2ccccc2-c2ccccc21. The lowest BCUT2D eigenvalue weighted by Gasteiger charge is -2.24. The number of hydrogen-bond donors (Lipinski definition) is 1. The van der Waals surface area contributed by atoms with Gasteiger partial charge in [0.25, 0.3) is 0 Å². The molecule has 0 aromatic heterocycles. The van der Waals surface area contributed by atoms with Gasteiger partial charge in [-0.25, -0.2) is 0 Å². The highest BCUT2D eigenvalue weighted by Gasteiger charge is 2.34. The summed E-state index contributed by atoms with van der Waals surface area (Å²) < 4.78 is 0. The molecule has 4 rings (SSSR count). The average molecular weight is 278 g/mol. The number of rotatable bonds is 2. The lowest BCUT2D eigenvalue weighted by molar-refractivity contribution is -0.120. The summed E-state index contributed by atoms with van der Waals surface area (Å²) in [6.07, 6.45) is 2.43. The maximum atomic E-state index is 12.8. The molecule has 1 aliphatic carbocycles. The Morgan fingerprint density at radius 3 is 2.43 bits per heavy atom. The number of amides is 1. The monoisotopic (exact) mass is 278 g/mol. The van der Waals surface area contributed by atoms with Crippen molar-refractivity contribution in [3.8, 4) is 11.1 Å². The first kappa shape index (κ1) is 12.6. The minimum Gasteiger partial charge on any atom is -0.316 e. The highest BCUT2D eigenvalue weighted by Crippen LogP contribution is 2.41. The minimum absolute atomic E-state index is 0.0132. The summed E-state index contributed by atoms with van der Waals surface area (Å²) >= 11 is 0. The van der Waals surface area contributed by atoms with Crippen molar-refractivity contribution in [1.29, 1.82) is 0 Å². The molecule has 2 N–H and O–H groups in total. The molecule has 0 radical (unpaired) electrons. The van der Waals surface area contributed by atoms with Crippen LogP contribution in [-0.4, -0.2) is 12.5 Å². The number of carbonyl (C=O) groups is 1. The Morgan fingerprint density at radius 1 is 1.00 bits per heavy atom. The third-order valence-corrected chi connectivity index (χ3v) is 4.45. The van der Waals surface area contributed by atoms with E-state index in [9.17, 15) is 4.79 Å². The number of nitrogens with two attached hydrogens (primary N) is 1. The molecule has 21 heavy (non-hydrogen) atoms. The van der Waals surface area contributed by atoms with E-state index >= 15 is 0 Å². The summed E-state index contributed by atoms with van der Waals surface area (Å²) in [7, 11) is 0. The molecule has 3 nitrogen and oxygen atoms in total. The van der Waals surface area contributed by atoms with Crippen LogP contribution in [0, 0.1) is 5.92 Å². The van der Waals surface area contributed by atoms with Gasteiger partial charge in [0.1, 0.15) is 6.04 Å². The molecule has 1 saturated carbocycles. The third kappa shape index (κ3) is 2.05. The van der Waals surface area contributed by atoms with Gasteiger partial charge in [-0.1, -0.05) is 42.5 Å². The van der Waals surface area contributed by atoms with Crippen LogP contribution in [0.15, 0.2) is 48.5 Å². The summed E-state index contributed by atoms with van der Waals surface area (Å²) in [5, 5.41) is 0. The van der Waals surface area contributed by atoms with Gasteiger partial charge in [0, 0.05) is 12.1 Å². The van der Waals surface area contributed by atoms with Crippen LogP contribution in [0.25, 0.3) is 11.1 Å². The topological polar surface area (TPSA) is 46.3 Å². The predicted molar refractivity (Wildman–Crippen MR) is 83.9 cm³/mol. The highest BCUT2D eigenvalue weighted by atomic mass is 16.2. The quantitative estimate of drug-likeness (QED) is 0.917. The van der Waals surface area contributed by atoms with Gasteiger partial charge in [0.05, 0.1) is 5.69 Å². The number of nitrogens with zero attached hydrogens (tertiary/aromatic N) is 1. The molecule has 2 aromatic rings. The van der Waals surface area contributed by atoms with E-state index in [1.807, 2.05) is 41.3 Å². The largest absolute Gasteiger partial charge is 0.316 e. The highest BCUT2D eigenvalue weighted by molar-refractivity contribution is 6.04. The molecule has 3 heteroatoms. The summed E-state index contributed by atoms with van der Waals surface area (Å²) in [6, 6.07) is 15.5. The second-order valence-corrected chi connectivity index (χ2v) is 5.97. The van der Waals surface area contributed by atoms with Crippen molar-refractivity contribution in [2.75, 3.05) is 11.4 Å². The van der Waals surface area contributed by atoms with Gasteiger partial charge >= 0.3 is 0 Å². The second kappa shape index (κ2) is 4.71. The zero-order valence-corrected chi connectivity index (χ0v) is 11.8. The maximum absolute atomic E-state index is 12.8. The van der Waals surface area contributed by atoms with Crippen molar-refractivity contribution in [3.63, 3.8) is 0 Å². The molecular formula is C18H18N2O. The van der Waals surface area contributed by atoms with Crippen molar-refractivity contribution >= 4 is 11.6 Å². The minimum atomic E-state index is -0.577. The Morgan fingerprint density at radius 2 is 1.67 bits per heavy atom. The van der Waals surface area contributed by atoms with E-state index in [1.165, 1.54) is 12.8 Å². The third-order valence-electron chi connectivity index (χ3n) is 4.45. The van der Waals surface area contributed by atoms with Crippen molar-refractivity contribution in [2.45, 2.75) is 18.9 Å². The fourth-order valence-corrected chi connectivity index (χ4v) is 3.12. The van der Waals surface area contributed by atoms with Gasteiger partial charge < -0.3 is 10.6 Å². The number of para-hydroxylation sites is 1. The standard InChI is InChI=1S/C18H18N2O/c19-17-15-7-2-1-5-13(15)14-6-3-4-8-16(14)20(18(17)21)11-12-9-10-12/h1-8,12,17H,9-11,19H2/t17-/m0/s1. The number of anilines is 1. The second-order valence-electron chi connectivity index (χ2n) is 5.97. The number of hydrogen-bond acceptors (Lipinski definition) is 2. The smallest absolute Gasteiger partial charge is 0.248 e. The van der Waals surface area contributed by atoms with Gasteiger partial charge in [-0.15, -0.1) is 0 Å². The molecule has 1 atom stereocenters. The van der Waals surface area contributed by atoms with Crippen molar-refractivity contribution in [3.05, 3.63) is 54.1 Å². The van der Waals surface area contributed by atoms with Crippen LogP contribution < -0.4 is 10.6 Å². The van der Waals surface area contributed by atoms with Gasteiger partial charge in [-0.3, -0.25) is 4.79 Å². The summed E-state index contributed by atoms with van der Waals surface area (Å²) in [6.45, 7) is 0.789. The van der Waals surface area contributed by atoms with Crippen LogP contribution in [0.1, 0.15) is 24.4 Å². The Balaban J connectivity index is 1.92. The van der Waals surface area contributed by atoms with E-state index in [0.29, 0.717) is 5.92 Å². The lowest BCUT2D eigenvalue weighted by atomic mass is 9.96. The predicted octanol–water partition coefficient (Wildman–Crippen LogP) is 3.11. The molecular weight excluding hydrogens is 260 g/mol. The number of benzene rings is 2. The first-order valence-electron chi connectivity index (χ1n) is 7.51. The van der Waals surface area contributed by atoms with Crippen LogP contribution in [0.4, 0.5) is 5.69 Å². The van der Waals surface area contributed by atoms with E-state index in [4.69, 9.17) is 5.73 Å². The van der Waals surface area contributed by atoms with Gasteiger partial charge in [0.15, 0.2) is 0 Å². The summed E-state index contributed by atoms with van der Waals surface area (Å²) in [5.41, 5.74) is 10.4. The van der Waals surface area contributed by atoms with Crippen LogP contribution in [0.3, 0.4) is 0 Å². The van der Waals surface area contributed by atoms with E-state index in [0.717, 1.165) is 28.9 Å². The van der Waals surface area contributed by atoms with Crippen LogP contribution in [-0.2, 0) is 4.79 Å². The molecule has 0 unspecified atom stereocenters. The maximum Gasteiger partial charge on any atom is 0.248 e. The summed E-state index contributed by atoms with van der Waals surface area (Å²) in [4.78, 5) is 14.7. The van der Waals surface area contributed by atoms with Crippen molar-refractivity contribution in [1.82, 2.24) is 0 Å². The normalized spacial score (nSPS) is 20.7. The first-order valence-corrected chi connectivity index (χ1v) is 7.51. The zero-order valence-electron chi connectivity index (χ0n) is 11.8. The fourth-order valence-electron chi connectivity index (χ4n) is 3.12. The zero-order chi connectivity index (χ0) is 14.4. The molecule has 0 bridgehead atoms. The van der Waals surface area contributed by atoms with E-state index in [2.05, 4.69) is 12.1 Å². The molecule has 1 heterocycles. The van der Waals surface area contributed by atoms with E-state index < -0.39 is 6.04 Å². The van der Waals surface area contributed by atoms with Crippen LogP contribution in [0.2, 0.25) is 0 Å². The molecule has 2 aliphatic rings. The Bertz CT molecular complexity index is 706. The lowest BCUT2D eigenvalue weighted by Crippen LogP contribution is -2.39. The Hall–Kier alpha value is -2.13. The van der Waals surface area contributed by atoms with Crippen molar-refractivity contribution in [2.24, 2.45) is 11.7 Å². The average Bonchev–Trinajstić information content (AvgIpc) is 3.35. The fraction of sp³-hybridized carbons (Fsp3) is 0.278. The molecule has 1 amide bonds.